The van der Waals surface area contributed by atoms with Gasteiger partial charge in [0.15, 0.2) is 0 Å². The minimum atomic E-state index is -0.569. The second kappa shape index (κ2) is 5.49. The quantitative estimate of drug-likeness (QED) is 0.662. The Balaban J connectivity index is 2.00. The van der Waals surface area contributed by atoms with Gasteiger partial charge in [0, 0.05) is 12.1 Å². The van der Waals surface area contributed by atoms with Crippen LogP contribution in [0.1, 0.15) is 58.3 Å². The number of hydrogen-bond acceptors (Lipinski definition) is 1. The molecule has 15 heavy (non-hydrogen) atoms. The molecule has 0 amide bonds. The molecule has 0 aromatic rings. The summed E-state index contributed by atoms with van der Waals surface area (Å²) in [6.45, 7) is 4.99. The van der Waals surface area contributed by atoms with Crippen LogP contribution in [-0.2, 0) is 0 Å². The first-order valence-corrected chi connectivity index (χ1v) is 9.59. The van der Waals surface area contributed by atoms with Crippen LogP contribution in [0, 0.1) is 0 Å². The average Bonchev–Trinajstić information content (AvgIpc) is 2.90. The molecule has 0 radical (unpaired) electrons. The van der Waals surface area contributed by atoms with Crippen molar-refractivity contribution in [3.05, 3.63) is 0 Å². The van der Waals surface area contributed by atoms with Crippen molar-refractivity contribution in [1.82, 2.24) is 4.57 Å². The number of rotatable bonds is 4. The highest BCUT2D eigenvalue weighted by Crippen LogP contribution is 2.32. The van der Waals surface area contributed by atoms with E-state index in [2.05, 4.69) is 18.0 Å². The van der Waals surface area contributed by atoms with Crippen molar-refractivity contribution < 1.29 is 0 Å². The van der Waals surface area contributed by atoms with Gasteiger partial charge in [-0.05, 0) is 31.7 Å². The molecule has 0 aromatic heterocycles. The molecule has 0 aliphatic heterocycles. The third-order valence-electron chi connectivity index (χ3n) is 4.59. The van der Waals surface area contributed by atoms with Crippen molar-refractivity contribution in [2.24, 2.45) is 0 Å². The van der Waals surface area contributed by atoms with E-state index in [0.29, 0.717) is 0 Å². The van der Waals surface area contributed by atoms with Gasteiger partial charge in [-0.3, -0.25) is 0 Å². The van der Waals surface area contributed by atoms with Gasteiger partial charge in [-0.15, -0.1) is 0 Å². The maximum atomic E-state index is 3.04. The van der Waals surface area contributed by atoms with Gasteiger partial charge in [-0.2, -0.15) is 0 Å². The minimum absolute atomic E-state index is 0.569. The largest absolute Gasteiger partial charge is 0.321 e. The molecular weight excluding hydrogens is 198 g/mol. The predicted octanol–water partition coefficient (Wildman–Crippen LogP) is 3.55. The highest BCUT2D eigenvalue weighted by molar-refractivity contribution is 6.54. The van der Waals surface area contributed by atoms with Crippen LogP contribution in [0.5, 0.6) is 0 Å². The van der Waals surface area contributed by atoms with E-state index in [9.17, 15) is 0 Å². The Morgan fingerprint density at radius 2 is 1.33 bits per heavy atom. The molecule has 2 heteroatoms. The van der Waals surface area contributed by atoms with Crippen LogP contribution in [0.3, 0.4) is 0 Å². The Morgan fingerprint density at radius 1 is 0.933 bits per heavy atom. The lowest BCUT2D eigenvalue weighted by atomic mass is 10.2. The molecule has 1 unspecified atom stereocenters. The Kier molecular flexibility index (Phi) is 4.27. The monoisotopic (exact) mass is 225 g/mol. The summed E-state index contributed by atoms with van der Waals surface area (Å²) in [5.41, 5.74) is 0. The molecule has 1 atom stereocenters. The average molecular weight is 225 g/mol. The third-order valence-corrected chi connectivity index (χ3v) is 7.64. The summed E-state index contributed by atoms with van der Waals surface area (Å²) >= 11 is 0. The Bertz CT molecular complexity index is 167. The highest BCUT2D eigenvalue weighted by Gasteiger charge is 2.33. The predicted molar refractivity (Wildman–Crippen MR) is 69.8 cm³/mol. The van der Waals surface area contributed by atoms with E-state index in [1.165, 1.54) is 57.4 Å². The zero-order chi connectivity index (χ0) is 10.7. The molecule has 0 spiro atoms. The lowest BCUT2D eigenvalue weighted by molar-refractivity contribution is 0.249. The fraction of sp³-hybridized carbons (Fsp3) is 1.00. The van der Waals surface area contributed by atoms with Gasteiger partial charge in [-0.1, -0.05) is 39.2 Å². The van der Waals surface area contributed by atoms with Gasteiger partial charge in [0.25, 0.3) is 0 Å². The molecule has 88 valence electrons. The zero-order valence-electron chi connectivity index (χ0n) is 10.5. The second-order valence-corrected chi connectivity index (χ2v) is 8.69. The van der Waals surface area contributed by atoms with E-state index in [-0.39, 0.29) is 0 Å². The lowest BCUT2D eigenvalue weighted by Crippen LogP contribution is -2.48. The SMILES string of the molecule is CC[SiH](C)N(C1CCCC1)C1CCCC1. The van der Waals surface area contributed by atoms with Gasteiger partial charge in [-0.25, -0.2) is 0 Å². The van der Waals surface area contributed by atoms with Gasteiger partial charge in [0.2, 0.25) is 0 Å². The van der Waals surface area contributed by atoms with E-state index < -0.39 is 8.96 Å². The molecule has 1 nitrogen and oxygen atoms in total. The van der Waals surface area contributed by atoms with Gasteiger partial charge in [0.05, 0.1) is 0 Å². The van der Waals surface area contributed by atoms with Crippen LogP contribution < -0.4 is 0 Å². The summed E-state index contributed by atoms with van der Waals surface area (Å²) in [4.78, 5) is 0. The fourth-order valence-electron chi connectivity index (χ4n) is 3.63. The molecule has 0 N–H and O–H groups in total. The van der Waals surface area contributed by atoms with Crippen LogP contribution in [0.4, 0.5) is 0 Å². The standard InChI is InChI=1S/C13H27NSi/c1-3-15(2)14(12-8-4-5-9-12)13-10-6-7-11-13/h12-13,15H,3-11H2,1-2H3. The summed E-state index contributed by atoms with van der Waals surface area (Å²) in [5, 5.41) is 0. The molecule has 2 rings (SSSR count). The van der Waals surface area contributed by atoms with Crippen molar-refractivity contribution in [1.29, 1.82) is 0 Å². The van der Waals surface area contributed by atoms with Crippen molar-refractivity contribution in [3.8, 4) is 0 Å². The molecular formula is C13H27NSi. The van der Waals surface area contributed by atoms with Gasteiger partial charge < -0.3 is 4.57 Å². The maximum absolute atomic E-state index is 3.04. The Morgan fingerprint density at radius 3 is 1.67 bits per heavy atom. The third kappa shape index (κ3) is 2.65. The minimum Gasteiger partial charge on any atom is -0.321 e. The van der Waals surface area contributed by atoms with Gasteiger partial charge in [0.1, 0.15) is 8.96 Å². The molecule has 2 aliphatic carbocycles. The maximum Gasteiger partial charge on any atom is 0.109 e. The number of nitrogens with zero attached hydrogens (tertiary/aromatic N) is 1. The topological polar surface area (TPSA) is 3.24 Å². The fourth-order valence-corrected chi connectivity index (χ4v) is 6.09. The smallest absolute Gasteiger partial charge is 0.109 e. The van der Waals surface area contributed by atoms with Crippen LogP contribution >= 0.6 is 0 Å². The van der Waals surface area contributed by atoms with Crippen molar-refractivity contribution >= 4 is 8.96 Å². The first-order valence-electron chi connectivity index (χ1n) is 7.10. The Hall–Kier alpha value is 0.177. The number of hydrogen-bond donors (Lipinski definition) is 0. The second-order valence-electron chi connectivity index (χ2n) is 5.58. The summed E-state index contributed by atoms with van der Waals surface area (Å²) in [7, 11) is -0.569. The summed E-state index contributed by atoms with van der Waals surface area (Å²) in [6.07, 6.45) is 12.0. The molecule has 0 saturated heterocycles. The van der Waals surface area contributed by atoms with Crippen LogP contribution in [-0.4, -0.2) is 25.6 Å². The van der Waals surface area contributed by atoms with Gasteiger partial charge >= 0.3 is 0 Å². The van der Waals surface area contributed by atoms with Crippen molar-refractivity contribution in [2.75, 3.05) is 0 Å². The first-order chi connectivity index (χ1) is 7.33. The molecule has 0 aromatic carbocycles. The van der Waals surface area contributed by atoms with E-state index in [4.69, 9.17) is 0 Å². The summed E-state index contributed by atoms with van der Waals surface area (Å²) in [5.74, 6) is 0. The lowest BCUT2D eigenvalue weighted by Gasteiger charge is -2.38. The van der Waals surface area contributed by atoms with Crippen LogP contribution in [0.2, 0.25) is 12.6 Å². The summed E-state index contributed by atoms with van der Waals surface area (Å²) in [6, 6.07) is 3.46. The van der Waals surface area contributed by atoms with Crippen molar-refractivity contribution in [3.63, 3.8) is 0 Å². The van der Waals surface area contributed by atoms with Crippen LogP contribution in [0.15, 0.2) is 0 Å². The molecule has 2 saturated carbocycles. The zero-order valence-corrected chi connectivity index (χ0v) is 11.7. The van der Waals surface area contributed by atoms with Crippen LogP contribution in [0.25, 0.3) is 0 Å². The normalized spacial score (nSPS) is 26.6. The van der Waals surface area contributed by atoms with Crippen molar-refractivity contribution in [2.45, 2.75) is 83.0 Å². The summed E-state index contributed by atoms with van der Waals surface area (Å²) < 4.78 is 3.04. The molecule has 2 aliphatic rings. The first kappa shape index (κ1) is 11.7. The van der Waals surface area contributed by atoms with E-state index in [1.54, 1.807) is 0 Å². The Labute approximate surface area is 96.9 Å². The van der Waals surface area contributed by atoms with E-state index in [1.807, 2.05) is 0 Å². The molecule has 0 bridgehead atoms. The molecule has 2 fully saturated rings. The highest BCUT2D eigenvalue weighted by atomic mass is 28.3. The van der Waals surface area contributed by atoms with E-state index in [0.717, 1.165) is 12.1 Å². The molecule has 0 heterocycles. The van der Waals surface area contributed by atoms with E-state index >= 15 is 0 Å².